The van der Waals surface area contributed by atoms with Crippen LogP contribution in [0.15, 0.2) is 30.3 Å². The number of rotatable bonds is 8. The number of nitriles is 1. The summed E-state index contributed by atoms with van der Waals surface area (Å²) in [5.74, 6) is 0. The molecule has 0 radical (unpaired) electrons. The van der Waals surface area contributed by atoms with Crippen LogP contribution < -0.4 is 5.73 Å². The Balaban J connectivity index is 2.81. The van der Waals surface area contributed by atoms with Gasteiger partial charge in [0.05, 0.1) is 6.07 Å². The van der Waals surface area contributed by atoms with E-state index in [1.54, 1.807) is 0 Å². The Kier molecular flexibility index (Phi) is 6.70. The van der Waals surface area contributed by atoms with E-state index in [9.17, 15) is 5.26 Å². The number of benzene rings is 1. The molecule has 0 aliphatic carbocycles. The SMILES string of the molecule is CCCCCN(CC(N)(C#N)c1ccccc1)C(C)C. The quantitative estimate of drug-likeness (QED) is 0.740. The molecule has 110 valence electrons. The third-order valence-corrected chi connectivity index (χ3v) is 3.72. The van der Waals surface area contributed by atoms with Crippen LogP contribution in [0.5, 0.6) is 0 Å². The summed E-state index contributed by atoms with van der Waals surface area (Å²) >= 11 is 0. The van der Waals surface area contributed by atoms with Gasteiger partial charge in [-0.1, -0.05) is 50.1 Å². The van der Waals surface area contributed by atoms with Crippen molar-refractivity contribution in [1.29, 1.82) is 5.26 Å². The van der Waals surface area contributed by atoms with Crippen LogP contribution in [0, 0.1) is 11.3 Å². The van der Waals surface area contributed by atoms with Crippen LogP contribution in [-0.4, -0.2) is 24.0 Å². The summed E-state index contributed by atoms with van der Waals surface area (Å²) in [6.45, 7) is 8.10. The lowest BCUT2D eigenvalue weighted by atomic mass is 9.91. The average molecular weight is 273 g/mol. The van der Waals surface area contributed by atoms with E-state index < -0.39 is 5.54 Å². The molecule has 1 atom stereocenters. The lowest BCUT2D eigenvalue weighted by Crippen LogP contribution is -2.49. The molecule has 1 rings (SSSR count). The van der Waals surface area contributed by atoms with Gasteiger partial charge in [-0.2, -0.15) is 5.26 Å². The molecule has 0 aromatic heterocycles. The minimum atomic E-state index is -0.933. The first kappa shape index (κ1) is 16.7. The van der Waals surface area contributed by atoms with E-state index in [0.29, 0.717) is 12.6 Å². The van der Waals surface area contributed by atoms with Crippen molar-refractivity contribution in [2.75, 3.05) is 13.1 Å². The van der Waals surface area contributed by atoms with E-state index in [1.165, 1.54) is 12.8 Å². The summed E-state index contributed by atoms with van der Waals surface area (Å²) in [7, 11) is 0. The first-order chi connectivity index (χ1) is 9.53. The lowest BCUT2D eigenvalue weighted by molar-refractivity contribution is 0.186. The fourth-order valence-corrected chi connectivity index (χ4v) is 2.33. The Morgan fingerprint density at radius 1 is 1.25 bits per heavy atom. The zero-order valence-electron chi connectivity index (χ0n) is 13.0. The molecule has 0 spiro atoms. The van der Waals surface area contributed by atoms with Crippen LogP contribution in [0.4, 0.5) is 0 Å². The first-order valence-corrected chi connectivity index (χ1v) is 7.53. The first-order valence-electron chi connectivity index (χ1n) is 7.53. The van der Waals surface area contributed by atoms with Crippen molar-refractivity contribution < 1.29 is 0 Å². The minimum absolute atomic E-state index is 0.395. The third-order valence-electron chi connectivity index (χ3n) is 3.72. The Morgan fingerprint density at radius 2 is 1.90 bits per heavy atom. The summed E-state index contributed by atoms with van der Waals surface area (Å²) < 4.78 is 0. The molecule has 20 heavy (non-hydrogen) atoms. The van der Waals surface area contributed by atoms with Crippen LogP contribution >= 0.6 is 0 Å². The van der Waals surface area contributed by atoms with Crippen molar-refractivity contribution in [3.63, 3.8) is 0 Å². The molecule has 0 fully saturated rings. The van der Waals surface area contributed by atoms with E-state index in [-0.39, 0.29) is 0 Å². The maximum Gasteiger partial charge on any atom is 0.142 e. The van der Waals surface area contributed by atoms with Crippen molar-refractivity contribution in [2.24, 2.45) is 5.73 Å². The molecule has 0 saturated heterocycles. The number of hydrogen-bond donors (Lipinski definition) is 1. The molecular formula is C17H27N3. The summed E-state index contributed by atoms with van der Waals surface area (Å²) in [5, 5.41) is 9.54. The predicted molar refractivity (Wildman–Crippen MR) is 84.2 cm³/mol. The van der Waals surface area contributed by atoms with Gasteiger partial charge < -0.3 is 5.73 Å². The van der Waals surface area contributed by atoms with Gasteiger partial charge in [0, 0.05) is 12.6 Å². The molecule has 2 N–H and O–H groups in total. The Bertz CT molecular complexity index is 422. The van der Waals surface area contributed by atoms with Crippen molar-refractivity contribution in [2.45, 2.75) is 51.6 Å². The highest BCUT2D eigenvalue weighted by Gasteiger charge is 2.30. The number of unbranched alkanes of at least 4 members (excludes halogenated alkanes) is 2. The van der Waals surface area contributed by atoms with Crippen molar-refractivity contribution in [1.82, 2.24) is 4.90 Å². The second kappa shape index (κ2) is 8.04. The van der Waals surface area contributed by atoms with E-state index in [4.69, 9.17) is 5.73 Å². The van der Waals surface area contributed by atoms with Gasteiger partial charge in [-0.05, 0) is 32.4 Å². The zero-order valence-corrected chi connectivity index (χ0v) is 13.0. The van der Waals surface area contributed by atoms with E-state index in [0.717, 1.165) is 18.5 Å². The monoisotopic (exact) mass is 273 g/mol. The second-order valence-electron chi connectivity index (χ2n) is 5.72. The summed E-state index contributed by atoms with van der Waals surface area (Å²) in [5.41, 5.74) is 6.32. The highest BCUT2D eigenvalue weighted by molar-refractivity contribution is 5.31. The van der Waals surface area contributed by atoms with Crippen molar-refractivity contribution in [3.8, 4) is 6.07 Å². The maximum atomic E-state index is 9.54. The topological polar surface area (TPSA) is 53.0 Å². The van der Waals surface area contributed by atoms with Crippen LogP contribution in [0.25, 0.3) is 0 Å². The van der Waals surface area contributed by atoms with Gasteiger partial charge in [-0.15, -0.1) is 0 Å². The van der Waals surface area contributed by atoms with Crippen molar-refractivity contribution >= 4 is 0 Å². The number of nitrogens with two attached hydrogens (primary N) is 1. The van der Waals surface area contributed by atoms with Crippen LogP contribution in [0.2, 0.25) is 0 Å². The molecule has 1 unspecified atom stereocenters. The van der Waals surface area contributed by atoms with Crippen LogP contribution in [0.3, 0.4) is 0 Å². The molecule has 1 aromatic rings. The summed E-state index contributed by atoms with van der Waals surface area (Å²) in [6.07, 6.45) is 3.58. The summed E-state index contributed by atoms with van der Waals surface area (Å²) in [6, 6.07) is 12.4. The van der Waals surface area contributed by atoms with Crippen LogP contribution in [0.1, 0.15) is 45.6 Å². The van der Waals surface area contributed by atoms with Gasteiger partial charge in [0.25, 0.3) is 0 Å². The van der Waals surface area contributed by atoms with E-state index in [2.05, 4.69) is 31.7 Å². The number of nitrogens with zero attached hydrogens (tertiary/aromatic N) is 2. The van der Waals surface area contributed by atoms with Gasteiger partial charge >= 0.3 is 0 Å². The molecule has 3 heteroatoms. The van der Waals surface area contributed by atoms with E-state index >= 15 is 0 Å². The fourth-order valence-electron chi connectivity index (χ4n) is 2.33. The van der Waals surface area contributed by atoms with Crippen molar-refractivity contribution in [3.05, 3.63) is 35.9 Å². The maximum absolute atomic E-state index is 9.54. The lowest BCUT2D eigenvalue weighted by Gasteiger charge is -2.33. The smallest absolute Gasteiger partial charge is 0.142 e. The Labute approximate surface area is 123 Å². The van der Waals surface area contributed by atoms with E-state index in [1.807, 2.05) is 30.3 Å². The van der Waals surface area contributed by atoms with Gasteiger partial charge in [0.1, 0.15) is 5.54 Å². The number of hydrogen-bond acceptors (Lipinski definition) is 3. The van der Waals surface area contributed by atoms with Gasteiger partial charge in [0.2, 0.25) is 0 Å². The Morgan fingerprint density at radius 3 is 2.40 bits per heavy atom. The molecule has 0 aliphatic rings. The second-order valence-corrected chi connectivity index (χ2v) is 5.72. The molecule has 0 aliphatic heterocycles. The molecule has 3 nitrogen and oxygen atoms in total. The predicted octanol–water partition coefficient (Wildman–Crippen LogP) is 3.26. The molecule has 0 saturated carbocycles. The largest absolute Gasteiger partial charge is 0.309 e. The summed E-state index contributed by atoms with van der Waals surface area (Å²) in [4.78, 5) is 2.31. The highest BCUT2D eigenvalue weighted by atomic mass is 15.2. The normalized spacial score (nSPS) is 14.2. The van der Waals surface area contributed by atoms with Gasteiger partial charge in [0.15, 0.2) is 0 Å². The standard InChI is InChI=1S/C17H27N3/c1-4-5-9-12-20(15(2)3)14-17(19,13-18)16-10-7-6-8-11-16/h6-8,10-11,15H,4-5,9,12,14,19H2,1-3H3. The molecular weight excluding hydrogens is 246 g/mol. The molecule has 1 aromatic carbocycles. The molecule has 0 amide bonds. The average Bonchev–Trinajstić information content (AvgIpc) is 2.47. The molecule has 0 bridgehead atoms. The fraction of sp³-hybridized carbons (Fsp3) is 0.588. The highest BCUT2D eigenvalue weighted by Crippen LogP contribution is 2.20. The van der Waals surface area contributed by atoms with Crippen LogP contribution in [-0.2, 0) is 5.54 Å². The van der Waals surface area contributed by atoms with Gasteiger partial charge in [-0.25, -0.2) is 0 Å². The zero-order chi connectivity index (χ0) is 15.0. The van der Waals surface area contributed by atoms with Gasteiger partial charge in [-0.3, -0.25) is 4.90 Å². The minimum Gasteiger partial charge on any atom is -0.309 e. The Hall–Kier alpha value is -1.37. The molecule has 0 heterocycles. The third kappa shape index (κ3) is 4.63.